The molecule has 2 N–H and O–H groups in total. The molecule has 0 radical (unpaired) electrons. The monoisotopic (exact) mass is 301 g/mol. The van der Waals surface area contributed by atoms with Crippen LogP contribution in [0.2, 0.25) is 0 Å². The predicted octanol–water partition coefficient (Wildman–Crippen LogP) is 1.69. The summed E-state index contributed by atoms with van der Waals surface area (Å²) in [5, 5.41) is 6.09. The minimum absolute atomic E-state index is 0.478. The number of hydrogen-bond acceptors (Lipinski definition) is 5. The summed E-state index contributed by atoms with van der Waals surface area (Å²) >= 11 is 0. The third kappa shape index (κ3) is 4.20. The summed E-state index contributed by atoms with van der Waals surface area (Å²) in [6.07, 6.45) is 1.31. The van der Waals surface area contributed by atoms with E-state index in [1.54, 1.807) is 50.4 Å². The van der Waals surface area contributed by atoms with E-state index in [2.05, 4.69) is 15.8 Å². The van der Waals surface area contributed by atoms with Crippen molar-refractivity contribution in [3.8, 4) is 5.75 Å². The highest BCUT2D eigenvalue weighted by atomic mass is 16.5. The van der Waals surface area contributed by atoms with E-state index < -0.39 is 11.8 Å². The predicted molar refractivity (Wildman–Crippen MR) is 80.8 cm³/mol. The van der Waals surface area contributed by atoms with Crippen LogP contribution in [0, 0.1) is 6.92 Å². The van der Waals surface area contributed by atoms with Crippen molar-refractivity contribution < 1.29 is 18.7 Å². The van der Waals surface area contributed by atoms with E-state index in [4.69, 9.17) is 9.15 Å². The van der Waals surface area contributed by atoms with Gasteiger partial charge in [-0.2, -0.15) is 5.10 Å². The SMILES string of the molecule is COc1ccc(NC(=O)C(=O)N/N=C\c2ccc(C)o2)cc1. The van der Waals surface area contributed by atoms with E-state index in [1.165, 1.54) is 6.21 Å². The molecule has 0 atom stereocenters. The van der Waals surface area contributed by atoms with Gasteiger partial charge in [0.15, 0.2) is 0 Å². The molecule has 0 saturated heterocycles. The van der Waals surface area contributed by atoms with Gasteiger partial charge in [0.05, 0.1) is 13.3 Å². The quantitative estimate of drug-likeness (QED) is 0.510. The summed E-state index contributed by atoms with van der Waals surface area (Å²) in [6.45, 7) is 1.79. The highest BCUT2D eigenvalue weighted by molar-refractivity contribution is 6.39. The highest BCUT2D eigenvalue weighted by Crippen LogP contribution is 2.14. The number of carbonyl (C=O) groups excluding carboxylic acids is 2. The van der Waals surface area contributed by atoms with Crippen molar-refractivity contribution in [2.75, 3.05) is 12.4 Å². The molecule has 0 bridgehead atoms. The maximum Gasteiger partial charge on any atom is 0.329 e. The zero-order valence-corrected chi connectivity index (χ0v) is 12.1. The summed E-state index contributed by atoms with van der Waals surface area (Å²) in [6, 6.07) is 10.1. The number of amides is 2. The van der Waals surface area contributed by atoms with Gasteiger partial charge < -0.3 is 14.5 Å². The Morgan fingerprint density at radius 2 is 1.86 bits per heavy atom. The van der Waals surface area contributed by atoms with Crippen molar-refractivity contribution >= 4 is 23.7 Å². The van der Waals surface area contributed by atoms with Gasteiger partial charge in [0, 0.05) is 5.69 Å². The highest BCUT2D eigenvalue weighted by Gasteiger charge is 2.12. The second-order valence-corrected chi connectivity index (χ2v) is 4.33. The van der Waals surface area contributed by atoms with Crippen molar-refractivity contribution in [2.45, 2.75) is 6.92 Å². The Balaban J connectivity index is 1.86. The van der Waals surface area contributed by atoms with Crippen LogP contribution < -0.4 is 15.5 Å². The molecule has 0 spiro atoms. The fraction of sp³-hybridized carbons (Fsp3) is 0.133. The molecule has 0 aliphatic heterocycles. The molecule has 7 nitrogen and oxygen atoms in total. The molecule has 0 fully saturated rings. The number of hydrazone groups is 1. The van der Waals surface area contributed by atoms with E-state index in [0.29, 0.717) is 17.2 Å². The number of carbonyl (C=O) groups is 2. The van der Waals surface area contributed by atoms with Crippen LogP contribution in [0.1, 0.15) is 11.5 Å². The van der Waals surface area contributed by atoms with Crippen molar-refractivity contribution in [1.82, 2.24) is 5.43 Å². The van der Waals surface area contributed by atoms with Crippen LogP contribution in [0.15, 0.2) is 45.9 Å². The molecule has 0 saturated carbocycles. The zero-order valence-electron chi connectivity index (χ0n) is 12.1. The summed E-state index contributed by atoms with van der Waals surface area (Å²) < 4.78 is 10.2. The number of methoxy groups -OCH3 is 1. The lowest BCUT2D eigenvalue weighted by Crippen LogP contribution is -2.32. The smallest absolute Gasteiger partial charge is 0.329 e. The first-order valence-corrected chi connectivity index (χ1v) is 6.43. The first kappa shape index (κ1) is 15.3. The minimum atomic E-state index is -0.879. The summed E-state index contributed by atoms with van der Waals surface area (Å²) in [5.74, 6) is 0.160. The van der Waals surface area contributed by atoms with Gasteiger partial charge in [-0.05, 0) is 43.3 Å². The lowest BCUT2D eigenvalue weighted by Gasteiger charge is -2.04. The molecule has 7 heteroatoms. The lowest BCUT2D eigenvalue weighted by atomic mass is 10.3. The van der Waals surface area contributed by atoms with Gasteiger partial charge in [-0.25, -0.2) is 5.43 Å². The second-order valence-electron chi connectivity index (χ2n) is 4.33. The van der Waals surface area contributed by atoms with Gasteiger partial charge in [-0.1, -0.05) is 0 Å². The van der Waals surface area contributed by atoms with E-state index >= 15 is 0 Å². The van der Waals surface area contributed by atoms with Crippen LogP contribution in [-0.4, -0.2) is 25.1 Å². The Morgan fingerprint density at radius 1 is 1.14 bits per heavy atom. The molecule has 2 aromatic rings. The Labute approximate surface area is 127 Å². The topological polar surface area (TPSA) is 92.9 Å². The van der Waals surface area contributed by atoms with Crippen molar-refractivity contribution in [2.24, 2.45) is 5.10 Å². The lowest BCUT2D eigenvalue weighted by molar-refractivity contribution is -0.136. The van der Waals surface area contributed by atoms with E-state index in [9.17, 15) is 9.59 Å². The molecule has 0 unspecified atom stereocenters. The molecule has 1 aromatic carbocycles. The number of anilines is 1. The second kappa shape index (κ2) is 7.07. The van der Waals surface area contributed by atoms with Crippen LogP contribution in [-0.2, 0) is 9.59 Å². The number of aryl methyl sites for hydroxylation is 1. The fourth-order valence-electron chi connectivity index (χ4n) is 1.59. The molecular formula is C15H15N3O4. The van der Waals surface area contributed by atoms with Gasteiger partial charge in [-0.3, -0.25) is 9.59 Å². The third-order valence-corrected chi connectivity index (χ3v) is 2.67. The molecule has 1 heterocycles. The van der Waals surface area contributed by atoms with Gasteiger partial charge in [0.2, 0.25) is 0 Å². The Kier molecular flexibility index (Phi) is 4.92. The third-order valence-electron chi connectivity index (χ3n) is 2.67. The number of furan rings is 1. The first-order chi connectivity index (χ1) is 10.6. The van der Waals surface area contributed by atoms with Gasteiger partial charge in [-0.15, -0.1) is 0 Å². The normalized spacial score (nSPS) is 10.5. The molecule has 2 amide bonds. The Bertz CT molecular complexity index is 689. The molecule has 0 aliphatic carbocycles. The Morgan fingerprint density at radius 3 is 2.45 bits per heavy atom. The van der Waals surface area contributed by atoms with Crippen LogP contribution in [0.3, 0.4) is 0 Å². The zero-order chi connectivity index (χ0) is 15.9. The van der Waals surface area contributed by atoms with E-state index in [-0.39, 0.29) is 0 Å². The van der Waals surface area contributed by atoms with Gasteiger partial charge >= 0.3 is 11.8 Å². The molecule has 114 valence electrons. The minimum Gasteiger partial charge on any atom is -0.497 e. The van der Waals surface area contributed by atoms with Crippen LogP contribution in [0.4, 0.5) is 5.69 Å². The van der Waals surface area contributed by atoms with Crippen molar-refractivity contribution in [3.63, 3.8) is 0 Å². The molecule has 2 rings (SSSR count). The number of benzene rings is 1. The molecule has 1 aromatic heterocycles. The number of ether oxygens (including phenoxy) is 1. The number of rotatable bonds is 4. The van der Waals surface area contributed by atoms with Crippen molar-refractivity contribution in [1.29, 1.82) is 0 Å². The van der Waals surface area contributed by atoms with E-state index in [0.717, 1.165) is 5.76 Å². The fourth-order valence-corrected chi connectivity index (χ4v) is 1.59. The van der Waals surface area contributed by atoms with Gasteiger partial charge in [0.1, 0.15) is 17.3 Å². The Hall–Kier alpha value is -3.09. The van der Waals surface area contributed by atoms with E-state index in [1.807, 2.05) is 0 Å². The molecule has 0 aliphatic rings. The first-order valence-electron chi connectivity index (χ1n) is 6.43. The summed E-state index contributed by atoms with van der Waals surface area (Å²) in [5.41, 5.74) is 2.60. The van der Waals surface area contributed by atoms with Gasteiger partial charge in [0.25, 0.3) is 0 Å². The van der Waals surface area contributed by atoms with Crippen LogP contribution in [0.25, 0.3) is 0 Å². The largest absolute Gasteiger partial charge is 0.497 e. The number of nitrogens with one attached hydrogen (secondary N) is 2. The van der Waals surface area contributed by atoms with Crippen LogP contribution in [0.5, 0.6) is 5.75 Å². The maximum atomic E-state index is 11.7. The maximum absolute atomic E-state index is 11.7. The number of nitrogens with zero attached hydrogens (tertiary/aromatic N) is 1. The molecule has 22 heavy (non-hydrogen) atoms. The average Bonchev–Trinajstić information content (AvgIpc) is 2.93. The number of hydrogen-bond donors (Lipinski definition) is 2. The molecular weight excluding hydrogens is 286 g/mol. The average molecular weight is 301 g/mol. The summed E-state index contributed by atoms with van der Waals surface area (Å²) in [4.78, 5) is 23.2. The van der Waals surface area contributed by atoms with Crippen molar-refractivity contribution in [3.05, 3.63) is 47.9 Å². The van der Waals surface area contributed by atoms with Crippen LogP contribution >= 0.6 is 0 Å². The summed E-state index contributed by atoms with van der Waals surface area (Å²) in [7, 11) is 1.54. The standard InChI is InChI=1S/C15H15N3O4/c1-10-3-6-13(22-10)9-16-18-15(20)14(19)17-11-4-7-12(21-2)8-5-11/h3-9H,1-2H3,(H,17,19)(H,18,20)/b16-9-.